The van der Waals surface area contributed by atoms with Gasteiger partial charge in [0.05, 0.1) is 11.4 Å². The Morgan fingerprint density at radius 1 is 0.756 bits per heavy atom. The highest BCUT2D eigenvalue weighted by Crippen LogP contribution is 2.54. The predicted octanol–water partition coefficient (Wildman–Crippen LogP) is 12.5. The van der Waals surface area contributed by atoms with Crippen molar-refractivity contribution in [2.45, 2.75) is 49.8 Å². The molecular weight excluding hydrogens is 567 g/mol. The molecule has 0 saturated carbocycles. The minimum Gasteiger partial charge on any atom is -0.455 e. The molecule has 5 aromatic carbocycles. The van der Waals surface area contributed by atoms with E-state index in [-0.39, 0.29) is 5.41 Å². The molecule has 45 heavy (non-hydrogen) atoms. The number of ether oxygens (including phenoxy) is 1. The van der Waals surface area contributed by atoms with E-state index in [9.17, 15) is 0 Å². The van der Waals surface area contributed by atoms with Crippen molar-refractivity contribution >= 4 is 34.4 Å². The fourth-order valence-corrected chi connectivity index (χ4v) is 7.14. The van der Waals surface area contributed by atoms with Gasteiger partial charge >= 0.3 is 0 Å². The SMILES string of the molecule is C=C/C(=C\C=C/C)c1ccc(N(c2cccc3c2Oc2ccccc2C3(C)C)c2cccc(C)c2Sc2ccccc2C)cc1. The van der Waals surface area contributed by atoms with E-state index in [1.54, 1.807) is 0 Å². The highest BCUT2D eigenvalue weighted by Gasteiger charge is 2.36. The Kier molecular flexibility index (Phi) is 8.56. The first-order valence-corrected chi connectivity index (χ1v) is 16.2. The van der Waals surface area contributed by atoms with E-state index < -0.39 is 0 Å². The number of anilines is 3. The summed E-state index contributed by atoms with van der Waals surface area (Å²) in [5.74, 6) is 1.79. The van der Waals surface area contributed by atoms with Crippen LogP contribution in [0, 0.1) is 13.8 Å². The highest BCUT2D eigenvalue weighted by atomic mass is 32.2. The van der Waals surface area contributed by atoms with Gasteiger partial charge in [0.2, 0.25) is 0 Å². The van der Waals surface area contributed by atoms with Gasteiger partial charge in [-0.1, -0.05) is 129 Å². The third kappa shape index (κ3) is 5.77. The van der Waals surface area contributed by atoms with Crippen molar-refractivity contribution in [2.24, 2.45) is 0 Å². The summed E-state index contributed by atoms with van der Waals surface area (Å²) in [7, 11) is 0. The molecule has 2 nitrogen and oxygen atoms in total. The lowest BCUT2D eigenvalue weighted by Crippen LogP contribution is -2.25. The van der Waals surface area contributed by atoms with Crippen LogP contribution in [0.2, 0.25) is 0 Å². The zero-order valence-electron chi connectivity index (χ0n) is 26.7. The standard InChI is InChI=1S/C42H39NOS/c1-7-9-18-31(8-2)32-25-27-33(28-26-32)43(37-22-14-17-30(4)41(37)45-39-24-13-10-16-29(39)3)36-21-15-20-35-40(36)44-38-23-12-11-19-34(38)42(35,5)6/h7-28H,2H2,1,3-6H3/b9-7-,31-18+. The number of aryl methyl sites for hydroxylation is 2. The first kappa shape index (κ1) is 30.3. The molecule has 0 radical (unpaired) electrons. The molecular formula is C42H39NOS. The van der Waals surface area contributed by atoms with Crippen LogP contribution in [0.3, 0.4) is 0 Å². The van der Waals surface area contributed by atoms with E-state index in [1.807, 2.05) is 36.9 Å². The first-order valence-electron chi connectivity index (χ1n) is 15.4. The van der Waals surface area contributed by atoms with Crippen molar-refractivity contribution in [2.75, 3.05) is 4.90 Å². The van der Waals surface area contributed by atoms with E-state index in [4.69, 9.17) is 4.74 Å². The van der Waals surface area contributed by atoms with Crippen LogP contribution in [0.25, 0.3) is 5.57 Å². The molecule has 1 aliphatic heterocycles. The topological polar surface area (TPSA) is 12.5 Å². The molecule has 0 saturated heterocycles. The average molecular weight is 606 g/mol. The van der Waals surface area contributed by atoms with Crippen LogP contribution in [-0.4, -0.2) is 0 Å². The van der Waals surface area contributed by atoms with Gasteiger partial charge in [0.25, 0.3) is 0 Å². The van der Waals surface area contributed by atoms with Gasteiger partial charge in [-0.25, -0.2) is 0 Å². The molecule has 5 aromatic rings. The normalized spacial score (nSPS) is 13.6. The number of benzene rings is 5. The number of nitrogens with zero attached hydrogens (tertiary/aromatic N) is 1. The fourth-order valence-electron chi connectivity index (χ4n) is 6.05. The maximum atomic E-state index is 6.82. The van der Waals surface area contributed by atoms with E-state index in [1.165, 1.54) is 32.0 Å². The van der Waals surface area contributed by atoms with Gasteiger partial charge in [-0.15, -0.1) is 0 Å². The summed E-state index contributed by atoms with van der Waals surface area (Å²) in [6, 6.07) is 38.9. The van der Waals surface area contributed by atoms with Gasteiger partial charge in [-0.05, 0) is 79.4 Å². The number of rotatable bonds is 8. The van der Waals surface area contributed by atoms with Crippen molar-refractivity contribution in [1.82, 2.24) is 0 Å². The smallest absolute Gasteiger partial charge is 0.155 e. The average Bonchev–Trinajstić information content (AvgIpc) is 3.05. The molecule has 0 spiro atoms. The Labute approximate surface area is 272 Å². The largest absolute Gasteiger partial charge is 0.455 e. The summed E-state index contributed by atoms with van der Waals surface area (Å²) in [6.45, 7) is 15.0. The van der Waals surface area contributed by atoms with E-state index in [0.29, 0.717) is 0 Å². The summed E-state index contributed by atoms with van der Waals surface area (Å²) in [5.41, 5.74) is 10.00. The first-order chi connectivity index (χ1) is 21.8. The van der Waals surface area contributed by atoms with Gasteiger partial charge in [-0.3, -0.25) is 0 Å². The van der Waals surface area contributed by atoms with Gasteiger partial charge in [0.15, 0.2) is 5.75 Å². The van der Waals surface area contributed by atoms with Crippen LogP contribution in [0.5, 0.6) is 11.5 Å². The van der Waals surface area contributed by atoms with Crippen LogP contribution in [0.15, 0.2) is 150 Å². The van der Waals surface area contributed by atoms with E-state index in [2.05, 4.69) is 154 Å². The molecule has 0 atom stereocenters. The minimum absolute atomic E-state index is 0.225. The molecule has 0 bridgehead atoms. The molecule has 3 heteroatoms. The second-order valence-electron chi connectivity index (χ2n) is 11.9. The summed E-state index contributed by atoms with van der Waals surface area (Å²) < 4.78 is 6.82. The Balaban J connectivity index is 1.58. The molecule has 1 aliphatic rings. The zero-order chi connectivity index (χ0) is 31.6. The fraction of sp³-hybridized carbons (Fsp3) is 0.143. The maximum absolute atomic E-state index is 6.82. The minimum atomic E-state index is -0.225. The third-order valence-electron chi connectivity index (χ3n) is 8.57. The number of hydrogen-bond acceptors (Lipinski definition) is 3. The van der Waals surface area contributed by atoms with Crippen molar-refractivity contribution < 1.29 is 4.74 Å². The second-order valence-corrected chi connectivity index (χ2v) is 13.0. The van der Waals surface area contributed by atoms with Gasteiger partial charge in [0, 0.05) is 32.0 Å². The Morgan fingerprint density at radius 3 is 2.18 bits per heavy atom. The van der Waals surface area contributed by atoms with Crippen LogP contribution >= 0.6 is 11.8 Å². The molecule has 6 rings (SSSR count). The second kappa shape index (κ2) is 12.7. The Bertz CT molecular complexity index is 1930. The van der Waals surface area contributed by atoms with Gasteiger partial charge in [0.1, 0.15) is 5.75 Å². The lowest BCUT2D eigenvalue weighted by molar-refractivity contribution is 0.419. The number of fused-ring (bicyclic) bond motifs is 2. The summed E-state index contributed by atoms with van der Waals surface area (Å²) in [6.07, 6.45) is 8.08. The predicted molar refractivity (Wildman–Crippen MR) is 193 cm³/mol. The summed E-state index contributed by atoms with van der Waals surface area (Å²) in [4.78, 5) is 4.82. The van der Waals surface area contributed by atoms with E-state index >= 15 is 0 Å². The third-order valence-corrected chi connectivity index (χ3v) is 9.98. The molecule has 0 amide bonds. The highest BCUT2D eigenvalue weighted by molar-refractivity contribution is 7.99. The summed E-state index contributed by atoms with van der Waals surface area (Å²) >= 11 is 1.82. The van der Waals surface area contributed by atoms with Crippen molar-refractivity contribution in [1.29, 1.82) is 0 Å². The zero-order valence-corrected chi connectivity index (χ0v) is 27.5. The van der Waals surface area contributed by atoms with Crippen molar-refractivity contribution in [3.8, 4) is 11.5 Å². The molecule has 0 N–H and O–H groups in total. The molecule has 224 valence electrons. The lowest BCUT2D eigenvalue weighted by atomic mass is 9.75. The van der Waals surface area contributed by atoms with Crippen LogP contribution < -0.4 is 9.64 Å². The van der Waals surface area contributed by atoms with Crippen LogP contribution in [-0.2, 0) is 5.41 Å². The number of allylic oxidation sites excluding steroid dienone is 5. The quantitative estimate of drug-likeness (QED) is 0.163. The summed E-state index contributed by atoms with van der Waals surface area (Å²) in [5, 5.41) is 0. The molecule has 1 heterocycles. The van der Waals surface area contributed by atoms with E-state index in [0.717, 1.165) is 39.7 Å². The van der Waals surface area contributed by atoms with Crippen LogP contribution in [0.4, 0.5) is 17.1 Å². The molecule has 0 fully saturated rings. The lowest BCUT2D eigenvalue weighted by Gasteiger charge is -2.38. The Hall–Kier alpha value is -4.73. The van der Waals surface area contributed by atoms with Crippen molar-refractivity contribution in [3.05, 3.63) is 168 Å². The molecule has 0 aromatic heterocycles. The van der Waals surface area contributed by atoms with Gasteiger partial charge < -0.3 is 9.64 Å². The van der Waals surface area contributed by atoms with Gasteiger partial charge in [-0.2, -0.15) is 0 Å². The molecule has 0 unspecified atom stereocenters. The number of hydrogen-bond donors (Lipinski definition) is 0. The monoisotopic (exact) mass is 605 g/mol. The maximum Gasteiger partial charge on any atom is 0.155 e. The molecule has 0 aliphatic carbocycles. The Morgan fingerprint density at radius 2 is 1.42 bits per heavy atom. The van der Waals surface area contributed by atoms with Crippen LogP contribution in [0.1, 0.15) is 48.6 Å². The van der Waals surface area contributed by atoms with Crippen molar-refractivity contribution in [3.63, 3.8) is 0 Å². The number of para-hydroxylation sites is 2.